The van der Waals surface area contributed by atoms with Crippen LogP contribution in [0.5, 0.6) is 0 Å². The first-order valence-corrected chi connectivity index (χ1v) is 4.18. The van der Waals surface area contributed by atoms with Crippen LogP contribution < -0.4 is 11.3 Å². The van der Waals surface area contributed by atoms with Gasteiger partial charge < -0.3 is 5.73 Å². The Hall–Kier alpha value is -2.10. The monoisotopic (exact) mass is 187 g/mol. The Morgan fingerprint density at radius 1 is 1.14 bits per heavy atom. The van der Waals surface area contributed by atoms with Crippen molar-refractivity contribution in [2.24, 2.45) is 0 Å². The summed E-state index contributed by atoms with van der Waals surface area (Å²) in [4.78, 5) is 11.5. The third-order valence-corrected chi connectivity index (χ3v) is 1.88. The summed E-state index contributed by atoms with van der Waals surface area (Å²) in [6, 6.07) is 10.6. The summed E-state index contributed by atoms with van der Waals surface area (Å²) in [6.07, 6.45) is 1.50. The molecule has 1 aromatic carbocycles. The second-order valence-electron chi connectivity index (χ2n) is 2.84. The summed E-state index contributed by atoms with van der Waals surface area (Å²) in [6.45, 7) is 0. The minimum atomic E-state index is -0.293. The number of aromatic nitrogens is 2. The molecule has 0 spiro atoms. The van der Waals surface area contributed by atoms with Crippen LogP contribution in [0.25, 0.3) is 5.69 Å². The summed E-state index contributed by atoms with van der Waals surface area (Å²) in [7, 11) is 0. The van der Waals surface area contributed by atoms with Crippen molar-refractivity contribution in [1.82, 2.24) is 9.78 Å². The summed E-state index contributed by atoms with van der Waals surface area (Å²) in [5, 5.41) is 3.93. The highest BCUT2D eigenvalue weighted by Gasteiger charge is 2.01. The van der Waals surface area contributed by atoms with Crippen LogP contribution in [0.3, 0.4) is 0 Å². The van der Waals surface area contributed by atoms with E-state index in [2.05, 4.69) is 5.10 Å². The van der Waals surface area contributed by atoms with E-state index in [-0.39, 0.29) is 11.2 Å². The van der Waals surface area contributed by atoms with Crippen LogP contribution in [-0.4, -0.2) is 9.78 Å². The van der Waals surface area contributed by atoms with Crippen molar-refractivity contribution in [3.8, 4) is 5.69 Å². The lowest BCUT2D eigenvalue weighted by atomic mass is 10.3. The smallest absolute Gasteiger partial charge is 0.294 e. The summed E-state index contributed by atoms with van der Waals surface area (Å²) >= 11 is 0. The van der Waals surface area contributed by atoms with E-state index < -0.39 is 0 Å². The lowest BCUT2D eigenvalue weighted by Gasteiger charge is -2.03. The first kappa shape index (κ1) is 8.50. The van der Waals surface area contributed by atoms with Crippen molar-refractivity contribution in [2.75, 3.05) is 5.73 Å². The highest BCUT2D eigenvalue weighted by molar-refractivity contribution is 5.37. The van der Waals surface area contributed by atoms with E-state index in [0.29, 0.717) is 5.69 Å². The summed E-state index contributed by atoms with van der Waals surface area (Å²) < 4.78 is 1.27. The number of hydrogen-bond acceptors (Lipinski definition) is 3. The molecule has 0 atom stereocenters. The molecule has 0 fully saturated rings. The minimum absolute atomic E-state index is 0.198. The van der Waals surface area contributed by atoms with Gasteiger partial charge in [0.25, 0.3) is 5.56 Å². The Balaban J connectivity index is 2.64. The highest BCUT2D eigenvalue weighted by Crippen LogP contribution is 2.02. The third-order valence-electron chi connectivity index (χ3n) is 1.88. The van der Waals surface area contributed by atoms with E-state index >= 15 is 0 Å². The van der Waals surface area contributed by atoms with Gasteiger partial charge in [0.1, 0.15) is 5.69 Å². The SMILES string of the molecule is Nc1ccnn(-c2ccccc2)c1=O. The standard InChI is InChI=1S/C10H9N3O/c11-9-6-7-12-13(10(9)14)8-4-2-1-3-5-8/h1-7H,11H2. The van der Waals surface area contributed by atoms with E-state index in [1.165, 1.54) is 16.9 Å². The molecule has 0 amide bonds. The Kier molecular flexibility index (Phi) is 2.02. The van der Waals surface area contributed by atoms with Crippen LogP contribution in [0.1, 0.15) is 0 Å². The predicted octanol–water partition coefficient (Wildman–Crippen LogP) is 0.815. The van der Waals surface area contributed by atoms with E-state index in [4.69, 9.17) is 5.73 Å². The van der Waals surface area contributed by atoms with Crippen molar-refractivity contribution in [1.29, 1.82) is 0 Å². The molecule has 0 aliphatic carbocycles. The molecule has 0 unspecified atom stereocenters. The van der Waals surface area contributed by atoms with Crippen molar-refractivity contribution in [3.63, 3.8) is 0 Å². The summed E-state index contributed by atoms with van der Waals surface area (Å²) in [5.41, 5.74) is 6.10. The van der Waals surface area contributed by atoms with Crippen molar-refractivity contribution in [2.45, 2.75) is 0 Å². The molecule has 0 aliphatic rings. The Morgan fingerprint density at radius 2 is 1.86 bits per heavy atom. The molecule has 0 aliphatic heterocycles. The topological polar surface area (TPSA) is 60.9 Å². The summed E-state index contributed by atoms with van der Waals surface area (Å²) in [5.74, 6) is 0. The average Bonchev–Trinajstić information content (AvgIpc) is 2.23. The first-order valence-electron chi connectivity index (χ1n) is 4.18. The zero-order valence-corrected chi connectivity index (χ0v) is 7.42. The second kappa shape index (κ2) is 3.33. The zero-order valence-electron chi connectivity index (χ0n) is 7.42. The number of hydrogen-bond donors (Lipinski definition) is 1. The molecule has 4 heteroatoms. The van der Waals surface area contributed by atoms with Gasteiger partial charge in [-0.15, -0.1) is 0 Å². The molecule has 14 heavy (non-hydrogen) atoms. The molecule has 2 N–H and O–H groups in total. The molecule has 70 valence electrons. The number of anilines is 1. The Morgan fingerprint density at radius 3 is 2.57 bits per heavy atom. The Labute approximate surface area is 80.6 Å². The van der Waals surface area contributed by atoms with Gasteiger partial charge in [0.15, 0.2) is 0 Å². The quantitative estimate of drug-likeness (QED) is 0.718. The molecule has 0 saturated heterocycles. The maximum Gasteiger partial charge on any atom is 0.294 e. The van der Waals surface area contributed by atoms with Crippen molar-refractivity contribution < 1.29 is 0 Å². The highest BCUT2D eigenvalue weighted by atomic mass is 16.1. The van der Waals surface area contributed by atoms with Crippen molar-refractivity contribution in [3.05, 3.63) is 52.9 Å². The van der Waals surface area contributed by atoms with Gasteiger partial charge in [0.2, 0.25) is 0 Å². The van der Waals surface area contributed by atoms with E-state index in [1.807, 2.05) is 18.2 Å². The van der Waals surface area contributed by atoms with Gasteiger partial charge >= 0.3 is 0 Å². The minimum Gasteiger partial charge on any atom is -0.394 e. The number of rotatable bonds is 1. The largest absolute Gasteiger partial charge is 0.394 e. The maximum atomic E-state index is 11.5. The molecule has 0 saturated carbocycles. The van der Waals surface area contributed by atoms with Crippen LogP contribution in [-0.2, 0) is 0 Å². The number of para-hydroxylation sites is 1. The number of benzene rings is 1. The molecule has 4 nitrogen and oxygen atoms in total. The van der Waals surface area contributed by atoms with Gasteiger partial charge in [-0.3, -0.25) is 4.79 Å². The Bertz CT molecular complexity index is 490. The molecule has 2 rings (SSSR count). The number of nitrogens with zero attached hydrogens (tertiary/aromatic N) is 2. The zero-order chi connectivity index (χ0) is 9.97. The van der Waals surface area contributed by atoms with Gasteiger partial charge in [-0.2, -0.15) is 9.78 Å². The van der Waals surface area contributed by atoms with Gasteiger partial charge in [0, 0.05) is 0 Å². The molecular weight excluding hydrogens is 178 g/mol. The molecule has 0 radical (unpaired) electrons. The fraction of sp³-hybridized carbons (Fsp3) is 0. The van der Waals surface area contributed by atoms with Crippen LogP contribution in [0.15, 0.2) is 47.4 Å². The lowest BCUT2D eigenvalue weighted by molar-refractivity contribution is 0.810. The van der Waals surface area contributed by atoms with Gasteiger partial charge in [-0.1, -0.05) is 18.2 Å². The first-order chi connectivity index (χ1) is 6.79. The van der Waals surface area contributed by atoms with Crippen LogP contribution in [0.4, 0.5) is 5.69 Å². The lowest BCUT2D eigenvalue weighted by Crippen LogP contribution is -2.23. The predicted molar refractivity (Wildman–Crippen MR) is 54.2 cm³/mol. The fourth-order valence-electron chi connectivity index (χ4n) is 1.18. The average molecular weight is 187 g/mol. The maximum absolute atomic E-state index is 11.5. The third kappa shape index (κ3) is 1.37. The molecule has 1 heterocycles. The fourth-order valence-corrected chi connectivity index (χ4v) is 1.18. The van der Waals surface area contributed by atoms with Gasteiger partial charge in [-0.05, 0) is 18.2 Å². The van der Waals surface area contributed by atoms with Crippen LogP contribution in [0.2, 0.25) is 0 Å². The number of nitrogens with two attached hydrogens (primary N) is 1. The molecular formula is C10H9N3O. The molecule has 0 bridgehead atoms. The van der Waals surface area contributed by atoms with E-state index in [1.54, 1.807) is 12.1 Å². The molecule has 2 aromatic rings. The van der Waals surface area contributed by atoms with E-state index in [0.717, 1.165) is 0 Å². The molecule has 1 aromatic heterocycles. The normalized spacial score (nSPS) is 10.0. The van der Waals surface area contributed by atoms with Crippen LogP contribution >= 0.6 is 0 Å². The van der Waals surface area contributed by atoms with Crippen LogP contribution in [0, 0.1) is 0 Å². The van der Waals surface area contributed by atoms with E-state index in [9.17, 15) is 4.79 Å². The van der Waals surface area contributed by atoms with Gasteiger partial charge in [0.05, 0.1) is 11.9 Å². The second-order valence-corrected chi connectivity index (χ2v) is 2.84. The van der Waals surface area contributed by atoms with Gasteiger partial charge in [-0.25, -0.2) is 0 Å². The number of nitrogen functional groups attached to an aromatic ring is 1. The van der Waals surface area contributed by atoms with Crippen molar-refractivity contribution >= 4 is 5.69 Å².